The first-order chi connectivity index (χ1) is 7.29. The average molecular weight is 212 g/mol. The van der Waals surface area contributed by atoms with E-state index in [1.807, 2.05) is 6.92 Å². The number of methoxy groups -OCH3 is 1. The van der Waals surface area contributed by atoms with E-state index in [1.165, 1.54) is 6.07 Å². The molecule has 3 heteroatoms. The quantitative estimate of drug-likeness (QED) is 0.675. The Labute approximate surface area is 90.0 Å². The molecule has 0 aliphatic rings. The predicted octanol–water partition coefficient (Wildman–Crippen LogP) is 2.80. The summed E-state index contributed by atoms with van der Waals surface area (Å²) in [5, 5.41) is 0. The van der Waals surface area contributed by atoms with Crippen molar-refractivity contribution in [1.82, 2.24) is 0 Å². The minimum atomic E-state index is -0.193. The van der Waals surface area contributed by atoms with Crippen molar-refractivity contribution in [2.24, 2.45) is 0 Å². The van der Waals surface area contributed by atoms with Gasteiger partial charge in [0.15, 0.2) is 0 Å². The zero-order valence-electron chi connectivity index (χ0n) is 9.25. The first-order valence-electron chi connectivity index (χ1n) is 5.18. The van der Waals surface area contributed by atoms with Crippen LogP contribution in [-0.2, 0) is 11.2 Å². The van der Waals surface area contributed by atoms with Gasteiger partial charge in [-0.25, -0.2) is 4.39 Å². The van der Waals surface area contributed by atoms with Crippen LogP contribution in [0.3, 0.4) is 0 Å². The third-order valence-electron chi connectivity index (χ3n) is 2.18. The van der Waals surface area contributed by atoms with Crippen molar-refractivity contribution in [3.8, 4) is 5.75 Å². The van der Waals surface area contributed by atoms with Gasteiger partial charge in [0.25, 0.3) is 0 Å². The van der Waals surface area contributed by atoms with Crippen molar-refractivity contribution in [2.45, 2.75) is 19.8 Å². The molecule has 0 fully saturated rings. The average Bonchev–Trinajstić information content (AvgIpc) is 2.24. The summed E-state index contributed by atoms with van der Waals surface area (Å²) in [6.45, 7) is 3.14. The summed E-state index contributed by atoms with van der Waals surface area (Å²) in [4.78, 5) is 0. The summed E-state index contributed by atoms with van der Waals surface area (Å²) >= 11 is 0. The van der Waals surface area contributed by atoms with Crippen molar-refractivity contribution < 1.29 is 13.9 Å². The summed E-state index contributed by atoms with van der Waals surface area (Å²) in [5.74, 6) is 0.454. The van der Waals surface area contributed by atoms with E-state index < -0.39 is 0 Å². The molecular weight excluding hydrogens is 195 g/mol. The first-order valence-corrected chi connectivity index (χ1v) is 5.18. The van der Waals surface area contributed by atoms with Crippen LogP contribution < -0.4 is 4.74 Å². The van der Waals surface area contributed by atoms with Gasteiger partial charge in [0, 0.05) is 25.7 Å². The van der Waals surface area contributed by atoms with E-state index in [1.54, 1.807) is 19.2 Å². The van der Waals surface area contributed by atoms with Gasteiger partial charge in [0.05, 0.1) is 6.61 Å². The highest BCUT2D eigenvalue weighted by atomic mass is 19.1. The van der Waals surface area contributed by atoms with Gasteiger partial charge in [0.2, 0.25) is 0 Å². The Morgan fingerprint density at radius 3 is 2.73 bits per heavy atom. The third-order valence-corrected chi connectivity index (χ3v) is 2.18. The highest BCUT2D eigenvalue weighted by molar-refractivity contribution is 5.34. The third kappa shape index (κ3) is 3.51. The molecule has 0 unspecified atom stereocenters. The Balaban J connectivity index is 2.56. The van der Waals surface area contributed by atoms with Gasteiger partial charge in [-0.1, -0.05) is 13.0 Å². The lowest BCUT2D eigenvalue weighted by molar-refractivity contribution is 0.171. The lowest BCUT2D eigenvalue weighted by Gasteiger charge is -2.10. The summed E-state index contributed by atoms with van der Waals surface area (Å²) in [6, 6.07) is 4.93. The van der Waals surface area contributed by atoms with Gasteiger partial charge in [0.1, 0.15) is 11.6 Å². The Morgan fingerprint density at radius 1 is 1.27 bits per heavy atom. The molecule has 0 atom stereocenters. The molecule has 0 aliphatic carbocycles. The number of hydrogen-bond donors (Lipinski definition) is 0. The summed E-state index contributed by atoms with van der Waals surface area (Å²) in [5.41, 5.74) is 0.648. The van der Waals surface area contributed by atoms with Gasteiger partial charge in [-0.15, -0.1) is 0 Å². The number of halogens is 1. The van der Waals surface area contributed by atoms with Gasteiger partial charge in [-0.2, -0.15) is 0 Å². The molecule has 0 amide bonds. The summed E-state index contributed by atoms with van der Waals surface area (Å²) in [7, 11) is 1.65. The van der Waals surface area contributed by atoms with Crippen LogP contribution in [0.25, 0.3) is 0 Å². The molecule has 0 bridgehead atoms. The summed E-state index contributed by atoms with van der Waals surface area (Å²) < 4.78 is 23.7. The number of rotatable bonds is 6. The predicted molar refractivity (Wildman–Crippen MR) is 57.8 cm³/mol. The van der Waals surface area contributed by atoms with Gasteiger partial charge < -0.3 is 9.47 Å². The topological polar surface area (TPSA) is 18.5 Å². The molecule has 0 heterocycles. The van der Waals surface area contributed by atoms with Crippen LogP contribution in [0.1, 0.15) is 18.9 Å². The molecule has 0 radical (unpaired) electrons. The fourth-order valence-corrected chi connectivity index (χ4v) is 1.40. The van der Waals surface area contributed by atoms with Crippen LogP contribution in [-0.4, -0.2) is 20.3 Å². The second-order valence-electron chi connectivity index (χ2n) is 3.26. The fraction of sp³-hybridized carbons (Fsp3) is 0.500. The fourth-order valence-electron chi connectivity index (χ4n) is 1.40. The largest absolute Gasteiger partial charge is 0.493 e. The lowest BCUT2D eigenvalue weighted by atomic mass is 10.1. The molecule has 2 nitrogen and oxygen atoms in total. The summed E-state index contributed by atoms with van der Waals surface area (Å²) in [6.07, 6.45) is 1.46. The molecule has 0 N–H and O–H groups in total. The molecule has 0 saturated carbocycles. The normalized spacial score (nSPS) is 10.3. The van der Waals surface area contributed by atoms with E-state index >= 15 is 0 Å². The molecular formula is C12H17FO2. The van der Waals surface area contributed by atoms with Crippen LogP contribution in [0.2, 0.25) is 0 Å². The maximum Gasteiger partial charge on any atom is 0.130 e. The maximum atomic E-state index is 13.3. The zero-order chi connectivity index (χ0) is 11.1. The second-order valence-corrected chi connectivity index (χ2v) is 3.26. The van der Waals surface area contributed by atoms with E-state index in [2.05, 4.69) is 0 Å². The zero-order valence-corrected chi connectivity index (χ0v) is 9.25. The van der Waals surface area contributed by atoms with Crippen LogP contribution in [0, 0.1) is 5.82 Å². The van der Waals surface area contributed by atoms with Crippen LogP contribution in [0.5, 0.6) is 5.75 Å². The number of hydrogen-bond acceptors (Lipinski definition) is 2. The first kappa shape index (κ1) is 12.0. The van der Waals surface area contributed by atoms with Crippen molar-refractivity contribution in [3.63, 3.8) is 0 Å². The van der Waals surface area contributed by atoms with E-state index in [0.717, 1.165) is 6.42 Å². The minimum Gasteiger partial charge on any atom is -0.493 e. The van der Waals surface area contributed by atoms with Crippen LogP contribution in [0.15, 0.2) is 18.2 Å². The van der Waals surface area contributed by atoms with Crippen molar-refractivity contribution in [3.05, 3.63) is 29.6 Å². The van der Waals surface area contributed by atoms with Crippen molar-refractivity contribution >= 4 is 0 Å². The van der Waals surface area contributed by atoms with Crippen molar-refractivity contribution in [1.29, 1.82) is 0 Å². The van der Waals surface area contributed by atoms with Gasteiger partial charge in [-0.3, -0.25) is 0 Å². The van der Waals surface area contributed by atoms with E-state index in [-0.39, 0.29) is 5.82 Å². The van der Waals surface area contributed by atoms with E-state index in [0.29, 0.717) is 30.9 Å². The monoisotopic (exact) mass is 212 g/mol. The molecule has 0 saturated heterocycles. The lowest BCUT2D eigenvalue weighted by Crippen LogP contribution is -2.04. The molecule has 1 aromatic carbocycles. The maximum absolute atomic E-state index is 13.3. The molecule has 0 aliphatic heterocycles. The number of ether oxygens (including phenoxy) is 2. The Hall–Kier alpha value is -1.09. The molecule has 0 spiro atoms. The molecule has 1 aromatic rings. The SMILES string of the molecule is CCc1c(F)cccc1OCCCOC. The Bertz CT molecular complexity index is 300. The van der Waals surface area contributed by atoms with Crippen LogP contribution in [0.4, 0.5) is 4.39 Å². The number of benzene rings is 1. The molecule has 0 aromatic heterocycles. The molecule has 1 rings (SSSR count). The highest BCUT2D eigenvalue weighted by Gasteiger charge is 2.06. The van der Waals surface area contributed by atoms with E-state index in [4.69, 9.17) is 9.47 Å². The molecule has 84 valence electrons. The van der Waals surface area contributed by atoms with Crippen LogP contribution >= 0.6 is 0 Å². The van der Waals surface area contributed by atoms with E-state index in [9.17, 15) is 4.39 Å². The van der Waals surface area contributed by atoms with Crippen molar-refractivity contribution in [2.75, 3.05) is 20.3 Å². The smallest absolute Gasteiger partial charge is 0.130 e. The highest BCUT2D eigenvalue weighted by Crippen LogP contribution is 2.21. The van der Waals surface area contributed by atoms with Gasteiger partial charge in [-0.05, 0) is 18.6 Å². The molecule has 15 heavy (non-hydrogen) atoms. The Kier molecular flexibility index (Phi) is 5.12. The standard InChI is InChI=1S/C12H17FO2/c1-3-10-11(13)6-4-7-12(10)15-9-5-8-14-2/h4,6-7H,3,5,8-9H2,1-2H3. The minimum absolute atomic E-state index is 0.193. The van der Waals surface area contributed by atoms with Gasteiger partial charge >= 0.3 is 0 Å². The second kappa shape index (κ2) is 6.40. The Morgan fingerprint density at radius 2 is 2.07 bits per heavy atom.